The van der Waals surface area contributed by atoms with Crippen LogP contribution in [0.25, 0.3) is 44.3 Å². The highest BCUT2D eigenvalue weighted by Crippen LogP contribution is 2.33. The summed E-state index contributed by atoms with van der Waals surface area (Å²) in [5, 5.41) is 3.41. The normalized spacial score (nSPS) is 14.0. The summed E-state index contributed by atoms with van der Waals surface area (Å²) in [5.41, 5.74) is 7.34. The number of amides is 1. The van der Waals surface area contributed by atoms with Crippen molar-refractivity contribution in [3.05, 3.63) is 118 Å². The Labute approximate surface area is 276 Å². The highest BCUT2D eigenvalue weighted by molar-refractivity contribution is 5.95. The highest BCUT2D eigenvalue weighted by atomic mass is 16.2. The van der Waals surface area contributed by atoms with Crippen molar-refractivity contribution in [2.45, 2.75) is 45.2 Å². The molecule has 3 aromatic heterocycles. The topological polar surface area (TPSA) is 133 Å². The van der Waals surface area contributed by atoms with E-state index in [-0.39, 0.29) is 41.8 Å². The molecular weight excluding hydrogens is 604 g/mol. The summed E-state index contributed by atoms with van der Waals surface area (Å²) in [5.74, 6) is -0.254. The molecule has 0 saturated carbocycles. The molecule has 0 spiro atoms. The third kappa shape index (κ3) is 6.47. The van der Waals surface area contributed by atoms with Crippen molar-refractivity contribution in [1.29, 1.82) is 0 Å². The molecular formula is C38H36N6O4. The highest BCUT2D eigenvalue weighted by Gasteiger charge is 2.24. The molecule has 4 heterocycles. The number of carbonyl (C=O) groups excluding carboxylic acids is 2. The minimum atomic E-state index is -0.225. The van der Waals surface area contributed by atoms with Gasteiger partial charge in [-0.3, -0.25) is 19.1 Å². The van der Waals surface area contributed by atoms with Crippen LogP contribution in [0.2, 0.25) is 0 Å². The quantitative estimate of drug-likeness (QED) is 0.176. The van der Waals surface area contributed by atoms with E-state index in [2.05, 4.69) is 44.5 Å². The average molecular weight is 641 g/mol. The predicted octanol–water partition coefficient (Wildman–Crippen LogP) is 6.04. The number of hydrogen-bond acceptors (Lipinski definition) is 6. The summed E-state index contributed by atoms with van der Waals surface area (Å²) in [4.78, 5) is 62.2. The second kappa shape index (κ2) is 13.2. The lowest BCUT2D eigenvalue weighted by atomic mass is 9.97. The molecule has 0 bridgehead atoms. The SMILES string of the molecule is CC(=O)CCC(=O)Nc1ccc2[nH]c(=O)n(C3CCN(Cc4ccc(-c5nc6cc[nH]c(=O)c6cc5-c5ccccc5)cc4)CC3)c2c1. The largest absolute Gasteiger partial charge is 0.328 e. The molecule has 242 valence electrons. The Bertz CT molecular complexity index is 2240. The van der Waals surface area contributed by atoms with Crippen LogP contribution in [-0.2, 0) is 16.1 Å². The van der Waals surface area contributed by atoms with Gasteiger partial charge in [-0.25, -0.2) is 9.78 Å². The van der Waals surface area contributed by atoms with E-state index in [4.69, 9.17) is 4.98 Å². The second-order valence-corrected chi connectivity index (χ2v) is 12.5. The van der Waals surface area contributed by atoms with Crippen LogP contribution in [0.5, 0.6) is 0 Å². The maximum atomic E-state index is 13.0. The fraction of sp³-hybridized carbons (Fsp3) is 0.237. The molecule has 3 N–H and O–H groups in total. The van der Waals surface area contributed by atoms with Crippen molar-refractivity contribution < 1.29 is 9.59 Å². The van der Waals surface area contributed by atoms with Gasteiger partial charge >= 0.3 is 5.69 Å². The van der Waals surface area contributed by atoms with Gasteiger partial charge in [0.25, 0.3) is 5.56 Å². The molecule has 6 aromatic rings. The molecule has 1 amide bonds. The minimum absolute atomic E-state index is 0.0288. The Hall–Kier alpha value is -5.61. The van der Waals surface area contributed by atoms with Crippen molar-refractivity contribution in [2.75, 3.05) is 18.4 Å². The van der Waals surface area contributed by atoms with Gasteiger partial charge in [0, 0.05) is 61.5 Å². The Kier molecular flexibility index (Phi) is 8.56. The van der Waals surface area contributed by atoms with Gasteiger partial charge in [-0.1, -0.05) is 54.6 Å². The Balaban J connectivity index is 1.05. The van der Waals surface area contributed by atoms with E-state index >= 15 is 0 Å². The van der Waals surface area contributed by atoms with E-state index in [9.17, 15) is 19.2 Å². The van der Waals surface area contributed by atoms with Gasteiger partial charge in [-0.2, -0.15) is 0 Å². The standard InChI is InChI=1S/C38H36N6O4/c1-24(45)7-14-35(46)40-28-12-13-33-34(21-28)44(38(48)42-33)29-16-19-43(20-17-29)23-25-8-10-27(11-9-25)36-30(26-5-3-2-4-6-26)22-31-32(41-36)15-18-39-37(31)47/h2-6,8-13,15,18,21-22,29H,7,14,16-17,19-20,23H2,1H3,(H,39,47)(H,40,46)(H,42,48). The summed E-state index contributed by atoms with van der Waals surface area (Å²) in [7, 11) is 0. The van der Waals surface area contributed by atoms with E-state index in [1.807, 2.05) is 59.2 Å². The van der Waals surface area contributed by atoms with Crippen molar-refractivity contribution in [3.8, 4) is 22.4 Å². The Morgan fingerprint density at radius 1 is 0.896 bits per heavy atom. The van der Waals surface area contributed by atoms with Crippen LogP contribution < -0.4 is 16.6 Å². The van der Waals surface area contributed by atoms with E-state index < -0.39 is 0 Å². The van der Waals surface area contributed by atoms with Gasteiger partial charge in [0.15, 0.2) is 0 Å². The molecule has 7 rings (SSSR count). The van der Waals surface area contributed by atoms with Gasteiger partial charge in [-0.15, -0.1) is 0 Å². The molecule has 48 heavy (non-hydrogen) atoms. The summed E-state index contributed by atoms with van der Waals surface area (Å²) < 4.78 is 1.82. The number of imidazole rings is 1. The fourth-order valence-electron chi connectivity index (χ4n) is 6.60. The average Bonchev–Trinajstić information content (AvgIpc) is 3.43. The zero-order chi connectivity index (χ0) is 33.2. The lowest BCUT2D eigenvalue weighted by molar-refractivity contribution is -0.121. The van der Waals surface area contributed by atoms with Crippen molar-refractivity contribution in [2.24, 2.45) is 0 Å². The second-order valence-electron chi connectivity index (χ2n) is 12.5. The van der Waals surface area contributed by atoms with Crippen LogP contribution in [0.4, 0.5) is 5.69 Å². The van der Waals surface area contributed by atoms with Crippen LogP contribution in [0.3, 0.4) is 0 Å². The van der Waals surface area contributed by atoms with E-state index in [1.54, 1.807) is 12.3 Å². The van der Waals surface area contributed by atoms with E-state index in [1.165, 1.54) is 12.5 Å². The van der Waals surface area contributed by atoms with Gasteiger partial charge in [-0.05, 0) is 61.2 Å². The van der Waals surface area contributed by atoms with Crippen molar-refractivity contribution in [3.63, 3.8) is 0 Å². The van der Waals surface area contributed by atoms with Crippen LogP contribution in [0.1, 0.15) is 44.2 Å². The Morgan fingerprint density at radius 2 is 1.67 bits per heavy atom. The number of piperidine rings is 1. The number of aromatic amines is 2. The van der Waals surface area contributed by atoms with Crippen LogP contribution in [-0.4, -0.2) is 49.2 Å². The molecule has 1 aliphatic rings. The number of fused-ring (bicyclic) bond motifs is 2. The number of hydrogen-bond donors (Lipinski definition) is 3. The molecule has 0 aliphatic carbocycles. The first-order valence-electron chi connectivity index (χ1n) is 16.3. The number of pyridine rings is 2. The number of carbonyl (C=O) groups is 2. The molecule has 0 radical (unpaired) electrons. The molecule has 3 aromatic carbocycles. The first-order valence-corrected chi connectivity index (χ1v) is 16.3. The molecule has 0 unspecified atom stereocenters. The number of H-pyrrole nitrogens is 2. The summed E-state index contributed by atoms with van der Waals surface area (Å²) in [6, 6.07) is 27.7. The number of likely N-dealkylation sites (tertiary alicyclic amines) is 1. The Morgan fingerprint density at radius 3 is 2.42 bits per heavy atom. The number of aromatic nitrogens is 4. The van der Waals surface area contributed by atoms with Gasteiger partial charge in [0.1, 0.15) is 5.78 Å². The predicted molar refractivity (Wildman–Crippen MR) is 188 cm³/mol. The fourth-order valence-corrected chi connectivity index (χ4v) is 6.60. The smallest absolute Gasteiger partial charge is 0.326 e. The minimum Gasteiger partial charge on any atom is -0.328 e. The first-order chi connectivity index (χ1) is 23.3. The van der Waals surface area contributed by atoms with Crippen LogP contribution >= 0.6 is 0 Å². The van der Waals surface area contributed by atoms with E-state index in [0.717, 1.165) is 65.9 Å². The van der Waals surface area contributed by atoms with Crippen molar-refractivity contribution in [1.82, 2.24) is 24.4 Å². The molecule has 1 aliphatic heterocycles. The summed E-state index contributed by atoms with van der Waals surface area (Å²) >= 11 is 0. The molecule has 0 atom stereocenters. The maximum absolute atomic E-state index is 13.0. The molecule has 10 nitrogen and oxygen atoms in total. The van der Waals surface area contributed by atoms with Gasteiger partial charge < -0.3 is 20.1 Å². The monoisotopic (exact) mass is 640 g/mol. The van der Waals surface area contributed by atoms with Gasteiger partial charge in [0.2, 0.25) is 5.91 Å². The summed E-state index contributed by atoms with van der Waals surface area (Å²) in [6.07, 6.45) is 3.60. The zero-order valence-corrected chi connectivity index (χ0v) is 26.7. The number of nitrogens with one attached hydrogen (secondary N) is 3. The van der Waals surface area contributed by atoms with Crippen LogP contribution in [0.15, 0.2) is 101 Å². The summed E-state index contributed by atoms with van der Waals surface area (Å²) in [6.45, 7) is 3.94. The molecule has 1 saturated heterocycles. The van der Waals surface area contributed by atoms with Gasteiger partial charge in [0.05, 0.1) is 27.6 Å². The third-order valence-electron chi connectivity index (χ3n) is 9.10. The molecule has 1 fully saturated rings. The third-order valence-corrected chi connectivity index (χ3v) is 9.10. The van der Waals surface area contributed by atoms with Crippen LogP contribution in [0, 0.1) is 0 Å². The number of ketones is 1. The number of Topliss-reactive ketones (excluding diaryl/α,β-unsaturated/α-hetero) is 1. The number of anilines is 1. The lowest BCUT2D eigenvalue weighted by Gasteiger charge is -2.32. The zero-order valence-electron chi connectivity index (χ0n) is 26.7. The number of rotatable bonds is 9. The maximum Gasteiger partial charge on any atom is 0.326 e. The van der Waals surface area contributed by atoms with E-state index in [0.29, 0.717) is 16.6 Å². The molecule has 10 heteroatoms. The lowest BCUT2D eigenvalue weighted by Crippen LogP contribution is -2.36. The number of nitrogens with zero attached hydrogens (tertiary/aromatic N) is 3. The number of benzene rings is 3. The van der Waals surface area contributed by atoms with Crippen molar-refractivity contribution >= 4 is 39.3 Å². The first kappa shape index (κ1) is 31.0.